The molecule has 1 amide bonds. The van der Waals surface area contributed by atoms with E-state index in [1.54, 1.807) is 0 Å². The largest absolute Gasteiger partial charge is 0.480 e. The van der Waals surface area contributed by atoms with E-state index in [1.807, 2.05) is 0 Å². The van der Waals surface area contributed by atoms with E-state index in [-0.39, 0.29) is 12.5 Å². The van der Waals surface area contributed by atoms with Gasteiger partial charge in [0.1, 0.15) is 6.04 Å². The van der Waals surface area contributed by atoms with Crippen molar-refractivity contribution in [3.63, 3.8) is 0 Å². The summed E-state index contributed by atoms with van der Waals surface area (Å²) in [5, 5.41) is 13.8. The summed E-state index contributed by atoms with van der Waals surface area (Å²) in [6, 6.07) is -0.348. The number of carboxylic acid groups (broad SMARTS) is 1. The van der Waals surface area contributed by atoms with Crippen molar-refractivity contribution in [3.8, 4) is 0 Å². The third-order valence-corrected chi connectivity index (χ3v) is 1.88. The number of carbonyl (C=O) groups excluding carboxylic acids is 1. The maximum Gasteiger partial charge on any atom is 0.325 e. The molecule has 0 spiro atoms. The van der Waals surface area contributed by atoms with E-state index >= 15 is 0 Å². The van der Waals surface area contributed by atoms with Gasteiger partial charge in [-0.2, -0.15) is 0 Å². The van der Waals surface area contributed by atoms with Crippen LogP contribution in [0.25, 0.3) is 0 Å². The summed E-state index contributed by atoms with van der Waals surface area (Å²) in [5.74, 6) is -1.28. The molecule has 13 heavy (non-hydrogen) atoms. The minimum absolute atomic E-state index is 0.211. The number of amides is 1. The molecular weight excluding hydrogens is 172 g/mol. The predicted molar refractivity (Wildman–Crippen MR) is 46.3 cm³/mol. The van der Waals surface area contributed by atoms with Crippen LogP contribution in [-0.4, -0.2) is 35.6 Å². The molecular formula is C8H14N2O3. The Balaban J connectivity index is 2.11. The Kier molecular flexibility index (Phi) is 3.25. The number of nitrogens with one attached hydrogen (secondary N) is 2. The summed E-state index contributed by atoms with van der Waals surface area (Å²) in [4.78, 5) is 21.4. The standard InChI is InChI=1S/C8H14N2O3/c1-5(8(12)13)10-7(11)4-9-6-2-3-6/h5-6,9H,2-4H2,1H3,(H,10,11)(H,12,13). The third kappa shape index (κ3) is 3.89. The average molecular weight is 186 g/mol. The minimum Gasteiger partial charge on any atom is -0.480 e. The Morgan fingerprint density at radius 1 is 1.54 bits per heavy atom. The lowest BCUT2D eigenvalue weighted by Crippen LogP contribution is -2.43. The Hall–Kier alpha value is -1.10. The Labute approximate surface area is 76.5 Å². The molecule has 1 unspecified atom stereocenters. The van der Waals surface area contributed by atoms with Crippen LogP contribution in [-0.2, 0) is 9.59 Å². The summed E-state index contributed by atoms with van der Waals surface area (Å²) in [7, 11) is 0. The number of aliphatic carboxylic acids is 1. The van der Waals surface area contributed by atoms with Gasteiger partial charge in [-0.05, 0) is 19.8 Å². The van der Waals surface area contributed by atoms with Crippen molar-refractivity contribution in [1.29, 1.82) is 0 Å². The second kappa shape index (κ2) is 4.23. The zero-order chi connectivity index (χ0) is 9.84. The van der Waals surface area contributed by atoms with E-state index < -0.39 is 12.0 Å². The molecule has 0 bridgehead atoms. The first kappa shape index (κ1) is 9.98. The highest BCUT2D eigenvalue weighted by Gasteiger charge is 2.22. The van der Waals surface area contributed by atoms with Gasteiger partial charge in [0.05, 0.1) is 6.54 Å². The fourth-order valence-corrected chi connectivity index (χ4v) is 0.879. The minimum atomic E-state index is -1.01. The summed E-state index contributed by atoms with van der Waals surface area (Å²) >= 11 is 0. The fourth-order valence-electron chi connectivity index (χ4n) is 0.879. The quantitative estimate of drug-likeness (QED) is 0.532. The number of hydrogen-bond donors (Lipinski definition) is 3. The molecule has 0 saturated heterocycles. The van der Waals surface area contributed by atoms with Gasteiger partial charge < -0.3 is 15.7 Å². The van der Waals surface area contributed by atoms with Crippen LogP contribution in [0.15, 0.2) is 0 Å². The van der Waals surface area contributed by atoms with Gasteiger partial charge in [-0.15, -0.1) is 0 Å². The van der Waals surface area contributed by atoms with Crippen molar-refractivity contribution in [2.24, 2.45) is 0 Å². The lowest BCUT2D eigenvalue weighted by Gasteiger charge is -2.09. The highest BCUT2D eigenvalue weighted by molar-refractivity contribution is 5.84. The van der Waals surface area contributed by atoms with Crippen LogP contribution in [0.1, 0.15) is 19.8 Å². The van der Waals surface area contributed by atoms with Crippen LogP contribution in [0.4, 0.5) is 0 Å². The first-order valence-corrected chi connectivity index (χ1v) is 4.35. The van der Waals surface area contributed by atoms with Crippen LogP contribution in [0.5, 0.6) is 0 Å². The summed E-state index contributed by atoms with van der Waals surface area (Å²) < 4.78 is 0. The molecule has 0 heterocycles. The maximum absolute atomic E-state index is 11.1. The molecule has 0 aliphatic heterocycles. The molecule has 5 nitrogen and oxygen atoms in total. The molecule has 74 valence electrons. The second-order valence-corrected chi connectivity index (χ2v) is 3.28. The van der Waals surface area contributed by atoms with Gasteiger partial charge in [0.15, 0.2) is 0 Å². The zero-order valence-electron chi connectivity index (χ0n) is 7.54. The average Bonchev–Trinajstić information content (AvgIpc) is 2.83. The van der Waals surface area contributed by atoms with Crippen molar-refractivity contribution >= 4 is 11.9 Å². The highest BCUT2D eigenvalue weighted by atomic mass is 16.4. The van der Waals surface area contributed by atoms with Gasteiger partial charge in [-0.25, -0.2) is 0 Å². The second-order valence-electron chi connectivity index (χ2n) is 3.28. The summed E-state index contributed by atoms with van der Waals surface area (Å²) in [5.41, 5.74) is 0. The molecule has 0 radical (unpaired) electrons. The molecule has 1 fully saturated rings. The topological polar surface area (TPSA) is 78.4 Å². The maximum atomic E-state index is 11.1. The van der Waals surface area contributed by atoms with E-state index in [2.05, 4.69) is 10.6 Å². The zero-order valence-corrected chi connectivity index (χ0v) is 7.54. The number of carbonyl (C=O) groups is 2. The van der Waals surface area contributed by atoms with Gasteiger partial charge in [-0.1, -0.05) is 0 Å². The van der Waals surface area contributed by atoms with E-state index in [0.717, 1.165) is 12.8 Å². The molecule has 3 N–H and O–H groups in total. The van der Waals surface area contributed by atoms with E-state index in [4.69, 9.17) is 5.11 Å². The Morgan fingerprint density at radius 2 is 2.15 bits per heavy atom. The van der Waals surface area contributed by atoms with Crippen molar-refractivity contribution in [3.05, 3.63) is 0 Å². The summed E-state index contributed by atoms with van der Waals surface area (Å²) in [6.45, 7) is 1.65. The third-order valence-electron chi connectivity index (χ3n) is 1.88. The molecule has 0 aromatic heterocycles. The number of hydrogen-bond acceptors (Lipinski definition) is 3. The smallest absolute Gasteiger partial charge is 0.325 e. The van der Waals surface area contributed by atoms with Crippen LogP contribution in [0, 0.1) is 0 Å². The van der Waals surface area contributed by atoms with Gasteiger partial charge in [0, 0.05) is 6.04 Å². The molecule has 1 atom stereocenters. The van der Waals surface area contributed by atoms with Gasteiger partial charge in [0.2, 0.25) is 5.91 Å². The van der Waals surface area contributed by atoms with E-state index in [0.29, 0.717) is 6.04 Å². The van der Waals surface area contributed by atoms with Crippen molar-refractivity contribution in [1.82, 2.24) is 10.6 Å². The van der Waals surface area contributed by atoms with Gasteiger partial charge in [-0.3, -0.25) is 9.59 Å². The van der Waals surface area contributed by atoms with Crippen molar-refractivity contribution in [2.75, 3.05) is 6.54 Å². The SMILES string of the molecule is CC(NC(=O)CNC1CC1)C(=O)O. The molecule has 0 aromatic rings. The van der Waals surface area contributed by atoms with Crippen LogP contribution < -0.4 is 10.6 Å². The van der Waals surface area contributed by atoms with Gasteiger partial charge >= 0.3 is 5.97 Å². The normalized spacial score (nSPS) is 17.9. The predicted octanol–water partition coefficient (Wildman–Crippen LogP) is -0.672. The molecule has 1 aliphatic carbocycles. The van der Waals surface area contributed by atoms with Crippen LogP contribution >= 0.6 is 0 Å². The first-order valence-electron chi connectivity index (χ1n) is 4.35. The first-order chi connectivity index (χ1) is 6.09. The highest BCUT2D eigenvalue weighted by Crippen LogP contribution is 2.17. The van der Waals surface area contributed by atoms with Gasteiger partial charge in [0.25, 0.3) is 0 Å². The van der Waals surface area contributed by atoms with E-state index in [1.165, 1.54) is 6.92 Å². The Morgan fingerprint density at radius 3 is 2.62 bits per heavy atom. The molecule has 1 saturated carbocycles. The lowest BCUT2D eigenvalue weighted by atomic mass is 10.3. The number of rotatable bonds is 5. The summed E-state index contributed by atoms with van der Waals surface area (Å²) in [6.07, 6.45) is 2.23. The molecule has 5 heteroatoms. The lowest BCUT2D eigenvalue weighted by molar-refractivity contribution is -0.141. The van der Waals surface area contributed by atoms with Crippen LogP contribution in [0.2, 0.25) is 0 Å². The molecule has 0 aromatic carbocycles. The number of carboxylic acids is 1. The monoisotopic (exact) mass is 186 g/mol. The van der Waals surface area contributed by atoms with Crippen molar-refractivity contribution in [2.45, 2.75) is 31.8 Å². The molecule has 1 rings (SSSR count). The fraction of sp³-hybridized carbons (Fsp3) is 0.750. The Bertz CT molecular complexity index is 213. The van der Waals surface area contributed by atoms with E-state index in [9.17, 15) is 9.59 Å². The van der Waals surface area contributed by atoms with Crippen LogP contribution in [0.3, 0.4) is 0 Å². The molecule has 1 aliphatic rings. The van der Waals surface area contributed by atoms with Crippen molar-refractivity contribution < 1.29 is 14.7 Å².